The van der Waals surface area contributed by atoms with Crippen molar-refractivity contribution in [3.8, 4) is 5.69 Å². The molecule has 0 unspecified atom stereocenters. The predicted molar refractivity (Wildman–Crippen MR) is 114 cm³/mol. The van der Waals surface area contributed by atoms with Gasteiger partial charge in [0.2, 0.25) is 0 Å². The van der Waals surface area contributed by atoms with Crippen LogP contribution in [0.1, 0.15) is 27.3 Å². The third kappa shape index (κ3) is 3.93. The number of benzene rings is 2. The average Bonchev–Trinajstić information content (AvgIpc) is 3.30. The molecule has 0 bridgehead atoms. The van der Waals surface area contributed by atoms with Crippen molar-refractivity contribution >= 4 is 23.2 Å². The molecule has 6 nitrogen and oxygen atoms in total. The van der Waals surface area contributed by atoms with Gasteiger partial charge >= 0.3 is 0 Å². The summed E-state index contributed by atoms with van der Waals surface area (Å²) < 4.78 is 3.52. The van der Waals surface area contributed by atoms with Crippen molar-refractivity contribution in [2.75, 3.05) is 5.32 Å². The van der Waals surface area contributed by atoms with Crippen molar-refractivity contribution in [1.82, 2.24) is 19.6 Å². The van der Waals surface area contributed by atoms with Gasteiger partial charge in [0.1, 0.15) is 0 Å². The zero-order chi connectivity index (χ0) is 20.4. The third-order valence-corrected chi connectivity index (χ3v) is 5.08. The van der Waals surface area contributed by atoms with E-state index in [4.69, 9.17) is 11.6 Å². The van der Waals surface area contributed by atoms with Crippen molar-refractivity contribution in [3.05, 3.63) is 94.5 Å². The van der Waals surface area contributed by atoms with Gasteiger partial charge in [-0.2, -0.15) is 10.2 Å². The first-order valence-electron chi connectivity index (χ1n) is 9.22. The molecule has 29 heavy (non-hydrogen) atoms. The molecule has 0 aliphatic rings. The second-order valence-electron chi connectivity index (χ2n) is 6.77. The van der Waals surface area contributed by atoms with E-state index in [0.717, 1.165) is 22.6 Å². The van der Waals surface area contributed by atoms with Crippen LogP contribution in [0.3, 0.4) is 0 Å². The Morgan fingerprint density at radius 2 is 1.79 bits per heavy atom. The number of nitrogens with zero attached hydrogens (tertiary/aromatic N) is 4. The lowest BCUT2D eigenvalue weighted by Crippen LogP contribution is -2.12. The average molecular weight is 406 g/mol. The molecule has 0 atom stereocenters. The lowest BCUT2D eigenvalue weighted by Gasteiger charge is -2.06. The molecule has 1 amide bonds. The Balaban J connectivity index is 1.53. The van der Waals surface area contributed by atoms with Crippen LogP contribution in [-0.4, -0.2) is 25.5 Å². The second kappa shape index (κ2) is 7.93. The van der Waals surface area contributed by atoms with Crippen LogP contribution in [-0.2, 0) is 6.54 Å². The van der Waals surface area contributed by atoms with Gasteiger partial charge in [0.15, 0.2) is 0 Å². The summed E-state index contributed by atoms with van der Waals surface area (Å²) in [6.45, 7) is 4.31. The van der Waals surface area contributed by atoms with Crippen LogP contribution in [0.4, 0.5) is 5.69 Å². The fourth-order valence-electron chi connectivity index (χ4n) is 3.20. The Kier molecular flexibility index (Phi) is 5.18. The highest BCUT2D eigenvalue weighted by atomic mass is 35.5. The topological polar surface area (TPSA) is 64.7 Å². The summed E-state index contributed by atoms with van der Waals surface area (Å²) in [6.07, 6.45) is 3.27. The van der Waals surface area contributed by atoms with E-state index in [0.29, 0.717) is 22.8 Å². The minimum atomic E-state index is -0.228. The van der Waals surface area contributed by atoms with E-state index in [2.05, 4.69) is 15.5 Å². The van der Waals surface area contributed by atoms with E-state index in [1.807, 2.05) is 73.1 Å². The summed E-state index contributed by atoms with van der Waals surface area (Å²) in [4.78, 5) is 12.8. The number of rotatable bonds is 5. The summed E-state index contributed by atoms with van der Waals surface area (Å²) >= 11 is 6.21. The Morgan fingerprint density at radius 3 is 2.55 bits per heavy atom. The van der Waals surface area contributed by atoms with Crippen molar-refractivity contribution in [3.63, 3.8) is 0 Å². The summed E-state index contributed by atoms with van der Waals surface area (Å²) in [5, 5.41) is 12.5. The monoisotopic (exact) mass is 405 g/mol. The van der Waals surface area contributed by atoms with Gasteiger partial charge in [-0.3, -0.25) is 9.48 Å². The van der Waals surface area contributed by atoms with Gasteiger partial charge < -0.3 is 5.32 Å². The number of halogens is 1. The molecular weight excluding hydrogens is 386 g/mol. The molecule has 2 aromatic heterocycles. The number of para-hydroxylation sites is 1. The van der Waals surface area contributed by atoms with Gasteiger partial charge in [-0.25, -0.2) is 4.68 Å². The zero-order valence-corrected chi connectivity index (χ0v) is 16.9. The largest absolute Gasteiger partial charge is 0.319 e. The number of carbonyl (C=O) groups is 1. The highest BCUT2D eigenvalue weighted by Gasteiger charge is 2.17. The number of anilines is 1. The Bertz CT molecular complexity index is 1160. The number of aryl methyl sites for hydroxylation is 1. The van der Waals surface area contributed by atoms with Gasteiger partial charge in [-0.05, 0) is 37.6 Å². The fourth-order valence-corrected chi connectivity index (χ4v) is 3.39. The highest BCUT2D eigenvalue weighted by molar-refractivity contribution is 6.31. The van der Waals surface area contributed by atoms with Crippen LogP contribution in [0, 0.1) is 13.8 Å². The first-order valence-corrected chi connectivity index (χ1v) is 9.59. The van der Waals surface area contributed by atoms with E-state index < -0.39 is 0 Å². The first kappa shape index (κ1) is 19.0. The van der Waals surface area contributed by atoms with Crippen LogP contribution in [0.15, 0.2) is 67.0 Å². The van der Waals surface area contributed by atoms with E-state index in [1.165, 1.54) is 0 Å². The van der Waals surface area contributed by atoms with Gasteiger partial charge in [0, 0.05) is 11.2 Å². The molecule has 0 aliphatic carbocycles. The summed E-state index contributed by atoms with van der Waals surface area (Å²) in [5.41, 5.74) is 4.69. The summed E-state index contributed by atoms with van der Waals surface area (Å²) in [7, 11) is 0. The molecule has 0 aliphatic heterocycles. The minimum Gasteiger partial charge on any atom is -0.319 e. The maximum Gasteiger partial charge on any atom is 0.258 e. The van der Waals surface area contributed by atoms with Crippen LogP contribution >= 0.6 is 11.6 Å². The molecule has 4 aromatic rings. The summed E-state index contributed by atoms with van der Waals surface area (Å²) in [6, 6.07) is 17.4. The molecule has 2 aromatic carbocycles. The lowest BCUT2D eigenvalue weighted by atomic mass is 10.2. The van der Waals surface area contributed by atoms with Gasteiger partial charge in [-0.15, -0.1) is 0 Å². The van der Waals surface area contributed by atoms with Gasteiger partial charge in [0.25, 0.3) is 5.91 Å². The fraction of sp³-hybridized carbons (Fsp3) is 0.136. The Labute approximate surface area is 173 Å². The molecule has 4 rings (SSSR count). The Morgan fingerprint density at radius 1 is 1.07 bits per heavy atom. The van der Waals surface area contributed by atoms with Crippen LogP contribution < -0.4 is 5.32 Å². The SMILES string of the molecule is Cc1nn(-c2ccccc2)c(C)c1NC(=O)c1cnn(Cc2ccccc2Cl)c1. The molecular formula is C22H20ClN5O. The standard InChI is InChI=1S/C22H20ClN5O/c1-15-21(16(2)28(26-15)19-9-4-3-5-10-19)25-22(29)18-12-24-27(14-18)13-17-8-6-7-11-20(17)23/h3-12,14H,13H2,1-2H3,(H,25,29). The number of nitrogens with one attached hydrogen (secondary N) is 1. The van der Waals surface area contributed by atoms with E-state index in [-0.39, 0.29) is 5.91 Å². The minimum absolute atomic E-state index is 0.228. The third-order valence-electron chi connectivity index (χ3n) is 4.72. The van der Waals surface area contributed by atoms with Crippen molar-refractivity contribution in [2.24, 2.45) is 0 Å². The second-order valence-corrected chi connectivity index (χ2v) is 7.17. The molecule has 0 fully saturated rings. The van der Waals surface area contributed by atoms with Crippen molar-refractivity contribution < 1.29 is 4.79 Å². The zero-order valence-electron chi connectivity index (χ0n) is 16.1. The first-order chi connectivity index (χ1) is 14.0. The highest BCUT2D eigenvalue weighted by Crippen LogP contribution is 2.23. The van der Waals surface area contributed by atoms with E-state index in [1.54, 1.807) is 17.1 Å². The molecule has 2 heterocycles. The number of hydrogen-bond acceptors (Lipinski definition) is 3. The van der Waals surface area contributed by atoms with E-state index >= 15 is 0 Å². The number of carbonyl (C=O) groups excluding carboxylic acids is 1. The van der Waals surface area contributed by atoms with Gasteiger partial charge in [-0.1, -0.05) is 48.0 Å². The molecule has 0 saturated carbocycles. The lowest BCUT2D eigenvalue weighted by molar-refractivity contribution is 0.102. The van der Waals surface area contributed by atoms with Crippen molar-refractivity contribution in [1.29, 1.82) is 0 Å². The number of aromatic nitrogens is 4. The quantitative estimate of drug-likeness (QED) is 0.526. The van der Waals surface area contributed by atoms with Crippen LogP contribution in [0.5, 0.6) is 0 Å². The predicted octanol–water partition coefficient (Wildman–Crippen LogP) is 4.64. The molecule has 146 valence electrons. The smallest absolute Gasteiger partial charge is 0.258 e. The van der Waals surface area contributed by atoms with Crippen molar-refractivity contribution in [2.45, 2.75) is 20.4 Å². The molecule has 0 saturated heterocycles. The number of hydrogen-bond donors (Lipinski definition) is 1. The maximum absolute atomic E-state index is 12.8. The molecule has 0 radical (unpaired) electrons. The Hall–Kier alpha value is -3.38. The van der Waals surface area contributed by atoms with Crippen LogP contribution in [0.2, 0.25) is 5.02 Å². The normalized spacial score (nSPS) is 10.9. The molecule has 7 heteroatoms. The van der Waals surface area contributed by atoms with E-state index in [9.17, 15) is 4.79 Å². The number of amides is 1. The maximum atomic E-state index is 12.8. The van der Waals surface area contributed by atoms with Gasteiger partial charge in [0.05, 0.1) is 41.1 Å². The molecule has 1 N–H and O–H groups in total. The molecule has 0 spiro atoms. The summed E-state index contributed by atoms with van der Waals surface area (Å²) in [5.74, 6) is -0.228. The van der Waals surface area contributed by atoms with Crippen LogP contribution in [0.25, 0.3) is 5.69 Å².